The number of hydrogen-bond donors (Lipinski definition) is 3. The summed E-state index contributed by atoms with van der Waals surface area (Å²) in [5.41, 5.74) is -0.509. The molecule has 4 rings (SSSR count). The number of nitrogens with zero attached hydrogens (tertiary/aromatic N) is 5. The second-order valence-corrected chi connectivity index (χ2v) is 10.2. The first-order chi connectivity index (χ1) is 18.4. The van der Waals surface area contributed by atoms with Gasteiger partial charge in [-0.3, -0.25) is 23.7 Å². The van der Waals surface area contributed by atoms with Crippen LogP contribution in [0.5, 0.6) is 0 Å². The number of anilines is 1. The summed E-state index contributed by atoms with van der Waals surface area (Å²) in [6, 6.07) is 0.644. The highest BCUT2D eigenvalue weighted by Gasteiger charge is 2.41. The second kappa shape index (κ2) is 11.2. The maximum absolute atomic E-state index is 14.8. The number of alkyl halides is 2. The Morgan fingerprint density at radius 1 is 1.23 bits per heavy atom. The van der Waals surface area contributed by atoms with Gasteiger partial charge in [0.05, 0.1) is 12.2 Å². The molecule has 210 valence electrons. The summed E-state index contributed by atoms with van der Waals surface area (Å²) in [4.78, 5) is 38.6. The molecule has 0 spiro atoms. The average Bonchev–Trinajstić information content (AvgIpc) is 3.51. The molecule has 15 heteroatoms. The average molecular weight is 569 g/mol. The van der Waals surface area contributed by atoms with Crippen LogP contribution in [0.2, 0.25) is 5.15 Å². The molecule has 0 radical (unpaired) electrons. The highest BCUT2D eigenvalue weighted by atomic mass is 35.5. The van der Waals surface area contributed by atoms with Crippen LogP contribution in [0.15, 0.2) is 29.3 Å². The molecule has 3 aromatic rings. The Labute approximate surface area is 226 Å². The third-order valence-electron chi connectivity index (χ3n) is 6.79. The van der Waals surface area contributed by atoms with Gasteiger partial charge in [0, 0.05) is 30.6 Å². The maximum atomic E-state index is 14.8. The van der Waals surface area contributed by atoms with Gasteiger partial charge in [-0.25, -0.2) is 13.9 Å². The smallest absolute Gasteiger partial charge is 0.270 e. The SMILES string of the molecule is CC(c1cc(Cl)n[nH]c1=O)n1cc(NC(=O)C(NC(=O)c2ccnn2C(C)C)C2CCC(F)(F)CC2)c(F)n1. The summed E-state index contributed by atoms with van der Waals surface area (Å²) < 4.78 is 45.1. The Bertz CT molecular complexity index is 1410. The number of nitrogens with one attached hydrogen (secondary N) is 3. The van der Waals surface area contributed by atoms with E-state index in [1.54, 1.807) is 6.92 Å². The van der Waals surface area contributed by atoms with E-state index in [0.717, 1.165) is 4.68 Å². The van der Waals surface area contributed by atoms with Crippen LogP contribution in [-0.2, 0) is 4.79 Å². The molecule has 3 heterocycles. The van der Waals surface area contributed by atoms with Crippen molar-refractivity contribution in [2.45, 2.75) is 70.5 Å². The molecular weight excluding hydrogens is 541 g/mol. The van der Waals surface area contributed by atoms with Crippen molar-refractivity contribution in [1.29, 1.82) is 0 Å². The molecule has 1 aliphatic rings. The molecule has 39 heavy (non-hydrogen) atoms. The highest BCUT2D eigenvalue weighted by Crippen LogP contribution is 2.38. The lowest BCUT2D eigenvalue weighted by atomic mass is 9.81. The van der Waals surface area contributed by atoms with Gasteiger partial charge in [0.25, 0.3) is 17.4 Å². The molecular formula is C24H28ClF3N8O3. The number of hydrogen-bond acceptors (Lipinski definition) is 6. The van der Waals surface area contributed by atoms with Gasteiger partial charge in [-0.05, 0) is 51.7 Å². The van der Waals surface area contributed by atoms with Crippen molar-refractivity contribution >= 4 is 29.1 Å². The largest absolute Gasteiger partial charge is 0.339 e. The van der Waals surface area contributed by atoms with Gasteiger partial charge in [0.15, 0.2) is 0 Å². The van der Waals surface area contributed by atoms with E-state index in [1.165, 1.54) is 29.2 Å². The summed E-state index contributed by atoms with van der Waals surface area (Å²) in [7, 11) is 0. The quantitative estimate of drug-likeness (QED) is 0.378. The van der Waals surface area contributed by atoms with E-state index in [1.807, 2.05) is 13.8 Å². The highest BCUT2D eigenvalue weighted by molar-refractivity contribution is 6.29. The normalized spacial score (nSPS) is 17.1. The first-order valence-electron chi connectivity index (χ1n) is 12.4. The minimum atomic E-state index is -2.85. The zero-order valence-corrected chi connectivity index (χ0v) is 22.2. The van der Waals surface area contributed by atoms with Crippen molar-refractivity contribution in [3.05, 3.63) is 57.2 Å². The summed E-state index contributed by atoms with van der Waals surface area (Å²) in [5.74, 6) is -5.90. The van der Waals surface area contributed by atoms with Crippen molar-refractivity contribution in [1.82, 2.24) is 35.1 Å². The lowest BCUT2D eigenvalue weighted by molar-refractivity contribution is -0.121. The van der Waals surface area contributed by atoms with Crippen molar-refractivity contribution in [2.24, 2.45) is 5.92 Å². The first kappa shape index (κ1) is 28.3. The van der Waals surface area contributed by atoms with Gasteiger partial charge in [-0.2, -0.15) is 14.6 Å². The third kappa shape index (κ3) is 6.32. The standard InChI is InChI=1S/C24H28ClF3N8O3/c1-12(2)36-17(6-9-29-36)22(38)31-19(14-4-7-24(27,28)8-5-14)23(39)30-16-11-35(34-20(16)26)13(3)15-10-18(25)32-33-21(15)37/h6,9-14,19H,4-5,7-8H2,1-3H3,(H,30,39)(H,31,38)(H,33,37). The summed E-state index contributed by atoms with van der Waals surface area (Å²) in [5, 5.41) is 18.8. The Morgan fingerprint density at radius 3 is 2.59 bits per heavy atom. The number of carbonyl (C=O) groups excluding carboxylic acids is 2. The maximum Gasteiger partial charge on any atom is 0.270 e. The molecule has 2 amide bonds. The van der Waals surface area contributed by atoms with Crippen LogP contribution in [0.4, 0.5) is 18.9 Å². The molecule has 3 N–H and O–H groups in total. The minimum Gasteiger partial charge on any atom is -0.339 e. The van der Waals surface area contributed by atoms with E-state index < -0.39 is 60.1 Å². The fourth-order valence-electron chi connectivity index (χ4n) is 4.62. The Morgan fingerprint density at radius 2 is 1.92 bits per heavy atom. The van der Waals surface area contributed by atoms with Gasteiger partial charge >= 0.3 is 0 Å². The van der Waals surface area contributed by atoms with Crippen LogP contribution in [0.1, 0.15) is 74.6 Å². The van der Waals surface area contributed by atoms with Crippen molar-refractivity contribution in [2.75, 3.05) is 5.32 Å². The third-order valence-corrected chi connectivity index (χ3v) is 6.98. The molecule has 2 atom stereocenters. The van der Waals surface area contributed by atoms with Crippen molar-refractivity contribution < 1.29 is 22.8 Å². The fraction of sp³-hybridized carbons (Fsp3) is 0.500. The van der Waals surface area contributed by atoms with Gasteiger partial charge < -0.3 is 10.6 Å². The molecule has 0 bridgehead atoms. The topological polar surface area (TPSA) is 140 Å². The van der Waals surface area contributed by atoms with E-state index >= 15 is 0 Å². The van der Waals surface area contributed by atoms with Crippen LogP contribution in [0.3, 0.4) is 0 Å². The Balaban J connectivity index is 1.57. The number of H-pyrrole nitrogens is 1. The van der Waals surface area contributed by atoms with Gasteiger partial charge in [-0.1, -0.05) is 11.6 Å². The number of halogens is 4. The molecule has 11 nitrogen and oxygen atoms in total. The lowest BCUT2D eigenvalue weighted by Crippen LogP contribution is -2.50. The van der Waals surface area contributed by atoms with E-state index in [4.69, 9.17) is 11.6 Å². The zero-order chi connectivity index (χ0) is 28.5. The minimum absolute atomic E-state index is 0.0147. The van der Waals surface area contributed by atoms with Crippen LogP contribution < -0.4 is 16.2 Å². The summed E-state index contributed by atoms with van der Waals surface area (Å²) in [6.07, 6.45) is 1.73. The molecule has 3 aromatic heterocycles. The van der Waals surface area contributed by atoms with E-state index in [9.17, 15) is 27.6 Å². The molecule has 0 saturated heterocycles. The predicted octanol–water partition coefficient (Wildman–Crippen LogP) is 3.71. The molecule has 0 aliphatic heterocycles. The fourth-order valence-corrected chi connectivity index (χ4v) is 4.78. The van der Waals surface area contributed by atoms with Gasteiger partial charge in [0.2, 0.25) is 11.8 Å². The van der Waals surface area contributed by atoms with Crippen molar-refractivity contribution in [3.8, 4) is 0 Å². The molecule has 1 fully saturated rings. The number of aromatic amines is 1. The number of amides is 2. The predicted molar refractivity (Wildman–Crippen MR) is 135 cm³/mol. The molecule has 0 aromatic carbocycles. The lowest BCUT2D eigenvalue weighted by Gasteiger charge is -2.33. The first-order valence-corrected chi connectivity index (χ1v) is 12.8. The molecule has 1 aliphatic carbocycles. The number of rotatable bonds is 8. The monoisotopic (exact) mass is 568 g/mol. The zero-order valence-electron chi connectivity index (χ0n) is 21.4. The number of aromatic nitrogens is 6. The molecule has 2 unspecified atom stereocenters. The van der Waals surface area contributed by atoms with Crippen LogP contribution >= 0.6 is 11.6 Å². The van der Waals surface area contributed by atoms with Gasteiger partial charge in [-0.15, -0.1) is 5.10 Å². The Kier molecular flexibility index (Phi) is 8.14. The van der Waals surface area contributed by atoms with Gasteiger partial charge in [0.1, 0.15) is 22.6 Å². The van der Waals surface area contributed by atoms with E-state index in [2.05, 4.69) is 31.0 Å². The second-order valence-electron chi connectivity index (χ2n) is 9.85. The molecule has 1 saturated carbocycles. The number of carbonyl (C=O) groups is 2. The summed E-state index contributed by atoms with van der Waals surface area (Å²) in [6.45, 7) is 5.22. The van der Waals surface area contributed by atoms with Crippen LogP contribution in [0.25, 0.3) is 0 Å². The van der Waals surface area contributed by atoms with E-state index in [-0.39, 0.29) is 41.0 Å². The Hall–Kier alpha value is -3.68. The van der Waals surface area contributed by atoms with E-state index in [0.29, 0.717) is 0 Å². The van der Waals surface area contributed by atoms with Crippen LogP contribution in [0, 0.1) is 11.9 Å². The summed E-state index contributed by atoms with van der Waals surface area (Å²) >= 11 is 5.86. The van der Waals surface area contributed by atoms with Crippen molar-refractivity contribution in [3.63, 3.8) is 0 Å². The van der Waals surface area contributed by atoms with Crippen LogP contribution in [-0.4, -0.2) is 53.5 Å².